The molecule has 0 aromatic carbocycles. The van der Waals surface area contributed by atoms with Gasteiger partial charge in [0.1, 0.15) is 5.15 Å². The number of carbonyl (C=O) groups is 1. The predicted octanol–water partition coefficient (Wildman–Crippen LogP) is 3.19. The van der Waals surface area contributed by atoms with Crippen LogP contribution in [0.3, 0.4) is 0 Å². The number of methoxy groups -OCH3 is 1. The first-order chi connectivity index (χ1) is 9.24. The fourth-order valence-electron chi connectivity index (χ4n) is 1.69. The monoisotopic (exact) mass is 298 g/mol. The maximum absolute atomic E-state index is 12.2. The van der Waals surface area contributed by atoms with Gasteiger partial charge in [0.25, 0.3) is 5.91 Å². The Bertz CT molecular complexity index is 469. The van der Waals surface area contributed by atoms with Crippen molar-refractivity contribution < 1.29 is 9.53 Å². The molecule has 0 fully saturated rings. The first-order valence-corrected chi connectivity index (χ1v) is 7.09. The van der Waals surface area contributed by atoms with Crippen LogP contribution in [-0.4, -0.2) is 30.6 Å². The van der Waals surface area contributed by atoms with Gasteiger partial charge in [0.2, 0.25) is 0 Å². The molecule has 0 saturated heterocycles. The van der Waals surface area contributed by atoms with Crippen molar-refractivity contribution in [1.29, 1.82) is 0 Å². The molecule has 0 aliphatic heterocycles. The van der Waals surface area contributed by atoms with Crippen molar-refractivity contribution in [3.8, 4) is 0 Å². The van der Waals surface area contributed by atoms with Gasteiger partial charge in [-0.05, 0) is 25.5 Å². The third kappa shape index (κ3) is 5.10. The fraction of sp³-hybridized carbons (Fsp3) is 0.600. The molecule has 0 aliphatic rings. The zero-order valence-electron chi connectivity index (χ0n) is 12.8. The van der Waals surface area contributed by atoms with Crippen molar-refractivity contribution >= 4 is 17.5 Å². The lowest BCUT2D eigenvalue weighted by atomic mass is 9.91. The molecule has 0 spiro atoms. The van der Waals surface area contributed by atoms with Crippen LogP contribution in [0.1, 0.15) is 50.2 Å². The third-order valence-electron chi connectivity index (χ3n) is 2.96. The lowest BCUT2D eigenvalue weighted by molar-refractivity contribution is 0.0929. The van der Waals surface area contributed by atoms with Crippen LogP contribution in [0.4, 0.5) is 0 Å². The summed E-state index contributed by atoms with van der Waals surface area (Å²) in [4.78, 5) is 16.5. The van der Waals surface area contributed by atoms with Gasteiger partial charge in [0.15, 0.2) is 0 Å². The second-order valence-corrected chi connectivity index (χ2v) is 6.36. The van der Waals surface area contributed by atoms with Crippen molar-refractivity contribution in [2.75, 3.05) is 13.7 Å². The minimum absolute atomic E-state index is 0.0486. The normalized spacial score (nSPS) is 13.1. The smallest absolute Gasteiger partial charge is 0.251 e. The molecule has 0 aliphatic carbocycles. The highest BCUT2D eigenvalue weighted by Gasteiger charge is 2.19. The van der Waals surface area contributed by atoms with E-state index in [9.17, 15) is 4.79 Å². The SMILES string of the molecule is COCCC(C)NC(=O)c1cc(Cl)nc(C(C)(C)C)c1. The highest BCUT2D eigenvalue weighted by atomic mass is 35.5. The molecule has 1 aromatic heterocycles. The highest BCUT2D eigenvalue weighted by molar-refractivity contribution is 6.29. The van der Waals surface area contributed by atoms with E-state index in [-0.39, 0.29) is 17.4 Å². The number of ether oxygens (including phenoxy) is 1. The van der Waals surface area contributed by atoms with Gasteiger partial charge in [0.05, 0.1) is 0 Å². The summed E-state index contributed by atoms with van der Waals surface area (Å²) in [5.41, 5.74) is 1.19. The minimum Gasteiger partial charge on any atom is -0.385 e. The van der Waals surface area contributed by atoms with E-state index in [4.69, 9.17) is 16.3 Å². The van der Waals surface area contributed by atoms with Gasteiger partial charge in [-0.25, -0.2) is 4.98 Å². The Hall–Kier alpha value is -1.13. The first-order valence-electron chi connectivity index (χ1n) is 6.72. The molecule has 0 saturated carbocycles. The van der Waals surface area contributed by atoms with E-state index in [0.717, 1.165) is 12.1 Å². The topological polar surface area (TPSA) is 51.2 Å². The standard InChI is InChI=1S/C15H23ClN2O2/c1-10(6-7-20-5)17-14(19)11-8-12(15(2,3)4)18-13(16)9-11/h8-10H,6-7H2,1-5H3,(H,17,19). The highest BCUT2D eigenvalue weighted by Crippen LogP contribution is 2.23. The van der Waals surface area contributed by atoms with Crippen molar-refractivity contribution in [2.45, 2.75) is 45.6 Å². The minimum atomic E-state index is -0.151. The fourth-order valence-corrected chi connectivity index (χ4v) is 1.89. The van der Waals surface area contributed by atoms with Gasteiger partial charge in [-0.1, -0.05) is 32.4 Å². The van der Waals surface area contributed by atoms with Crippen molar-refractivity contribution in [2.24, 2.45) is 0 Å². The Morgan fingerprint density at radius 2 is 2.10 bits per heavy atom. The van der Waals surface area contributed by atoms with Gasteiger partial charge >= 0.3 is 0 Å². The molecule has 112 valence electrons. The van der Waals surface area contributed by atoms with E-state index in [0.29, 0.717) is 17.3 Å². The van der Waals surface area contributed by atoms with Gasteiger partial charge in [-0.2, -0.15) is 0 Å². The Kier molecular flexibility index (Phi) is 5.96. The lowest BCUT2D eigenvalue weighted by Crippen LogP contribution is -2.33. The van der Waals surface area contributed by atoms with Gasteiger partial charge in [-0.3, -0.25) is 4.79 Å². The number of nitrogens with zero attached hydrogens (tertiary/aromatic N) is 1. The number of halogens is 1. The van der Waals surface area contributed by atoms with Crippen molar-refractivity contribution in [1.82, 2.24) is 10.3 Å². The Morgan fingerprint density at radius 1 is 1.45 bits per heavy atom. The second-order valence-electron chi connectivity index (χ2n) is 5.97. The third-order valence-corrected chi connectivity index (χ3v) is 3.15. The summed E-state index contributed by atoms with van der Waals surface area (Å²) in [7, 11) is 1.65. The number of aromatic nitrogens is 1. The average molecular weight is 299 g/mol. The second kappa shape index (κ2) is 7.04. The number of nitrogens with one attached hydrogen (secondary N) is 1. The molecular weight excluding hydrogens is 276 g/mol. The quantitative estimate of drug-likeness (QED) is 0.849. The summed E-state index contributed by atoms with van der Waals surface area (Å²) in [6, 6.07) is 3.44. The Morgan fingerprint density at radius 3 is 2.65 bits per heavy atom. The van der Waals surface area contributed by atoms with E-state index in [2.05, 4.69) is 10.3 Å². The molecule has 1 atom stereocenters. The Balaban J connectivity index is 2.85. The van der Waals surface area contributed by atoms with Crippen LogP contribution in [0.25, 0.3) is 0 Å². The summed E-state index contributed by atoms with van der Waals surface area (Å²) in [5, 5.41) is 3.27. The van der Waals surface area contributed by atoms with Crippen LogP contribution in [-0.2, 0) is 10.2 Å². The number of pyridine rings is 1. The predicted molar refractivity (Wildman–Crippen MR) is 81.4 cm³/mol. The van der Waals surface area contributed by atoms with Crippen molar-refractivity contribution in [3.63, 3.8) is 0 Å². The van der Waals surface area contributed by atoms with E-state index in [1.165, 1.54) is 0 Å². The summed E-state index contributed by atoms with van der Waals surface area (Å²) in [6.45, 7) is 8.67. The maximum atomic E-state index is 12.2. The molecule has 1 unspecified atom stereocenters. The summed E-state index contributed by atoms with van der Waals surface area (Å²) in [5.74, 6) is -0.136. The molecule has 20 heavy (non-hydrogen) atoms. The van der Waals surface area contributed by atoms with E-state index in [1.807, 2.05) is 27.7 Å². The Labute approximate surface area is 125 Å². The number of carbonyl (C=O) groups excluding carboxylic acids is 1. The summed E-state index contributed by atoms with van der Waals surface area (Å²) < 4.78 is 5.00. The van der Waals surface area contributed by atoms with Gasteiger partial charge in [0, 0.05) is 36.4 Å². The first kappa shape index (κ1) is 16.9. The lowest BCUT2D eigenvalue weighted by Gasteiger charge is -2.19. The molecule has 1 aromatic rings. The molecule has 0 bridgehead atoms. The van der Waals surface area contributed by atoms with Crippen molar-refractivity contribution in [3.05, 3.63) is 28.5 Å². The van der Waals surface area contributed by atoms with E-state index < -0.39 is 0 Å². The van der Waals surface area contributed by atoms with Crippen LogP contribution in [0.2, 0.25) is 5.15 Å². The molecule has 1 heterocycles. The van der Waals surface area contributed by atoms with Crippen LogP contribution in [0.5, 0.6) is 0 Å². The number of hydrogen-bond acceptors (Lipinski definition) is 3. The summed E-state index contributed by atoms with van der Waals surface area (Å²) >= 11 is 6.01. The average Bonchev–Trinajstić information content (AvgIpc) is 2.34. The molecule has 5 heteroatoms. The molecule has 1 rings (SSSR count). The van der Waals surface area contributed by atoms with Crippen LogP contribution in [0.15, 0.2) is 12.1 Å². The van der Waals surface area contributed by atoms with E-state index in [1.54, 1.807) is 19.2 Å². The van der Waals surface area contributed by atoms with Gasteiger partial charge in [-0.15, -0.1) is 0 Å². The molecule has 0 radical (unpaired) electrons. The maximum Gasteiger partial charge on any atom is 0.251 e. The zero-order valence-corrected chi connectivity index (χ0v) is 13.5. The van der Waals surface area contributed by atoms with E-state index >= 15 is 0 Å². The van der Waals surface area contributed by atoms with Crippen LogP contribution in [0, 0.1) is 0 Å². The van der Waals surface area contributed by atoms with Crippen LogP contribution < -0.4 is 5.32 Å². The largest absolute Gasteiger partial charge is 0.385 e. The molecule has 1 amide bonds. The number of amides is 1. The van der Waals surface area contributed by atoms with Gasteiger partial charge < -0.3 is 10.1 Å². The molecular formula is C15H23ClN2O2. The summed E-state index contributed by atoms with van der Waals surface area (Å²) in [6.07, 6.45) is 0.771. The van der Waals surface area contributed by atoms with Crippen LogP contribution >= 0.6 is 11.6 Å². The molecule has 4 nitrogen and oxygen atoms in total. The zero-order chi connectivity index (χ0) is 15.3. The number of rotatable bonds is 5. The number of hydrogen-bond donors (Lipinski definition) is 1. The molecule has 1 N–H and O–H groups in total.